The second-order valence-corrected chi connectivity index (χ2v) is 9.52. The smallest absolute Gasteiger partial charge is 0.280 e. The predicted molar refractivity (Wildman–Crippen MR) is 137 cm³/mol. The Balaban J connectivity index is 0.000000945. The van der Waals surface area contributed by atoms with Crippen molar-refractivity contribution in [2.24, 2.45) is 0 Å². The number of H-pyrrole nitrogens is 1. The Morgan fingerprint density at radius 3 is 2.65 bits per heavy atom. The molecule has 2 aromatic heterocycles. The molecule has 34 heavy (non-hydrogen) atoms. The summed E-state index contributed by atoms with van der Waals surface area (Å²) in [6.45, 7) is 5.85. The van der Waals surface area contributed by atoms with Crippen molar-refractivity contribution < 1.29 is 18.6 Å². The zero-order chi connectivity index (χ0) is 24.8. The number of aromatic amines is 1. The molecular weight excluding hydrogens is 477 g/mol. The van der Waals surface area contributed by atoms with Crippen LogP contribution in [0.5, 0.6) is 0 Å². The molecule has 0 aliphatic rings. The highest BCUT2D eigenvalue weighted by molar-refractivity contribution is 7.98. The molecule has 3 aromatic rings. The minimum absolute atomic E-state index is 0.0605. The minimum Gasteiger partial charge on any atom is -0.370 e. The Labute approximate surface area is 204 Å². The van der Waals surface area contributed by atoms with E-state index < -0.39 is 8.38 Å². The fourth-order valence-electron chi connectivity index (χ4n) is 2.60. The number of aldehydes is 1. The van der Waals surface area contributed by atoms with Crippen LogP contribution in [0.2, 0.25) is 0 Å². The molecule has 0 bridgehead atoms. The van der Waals surface area contributed by atoms with Gasteiger partial charge in [-0.05, 0) is 18.7 Å². The van der Waals surface area contributed by atoms with Crippen molar-refractivity contribution in [1.82, 2.24) is 19.5 Å². The van der Waals surface area contributed by atoms with E-state index in [9.17, 15) is 9.59 Å². The minimum atomic E-state index is -1.17. The Bertz CT molecular complexity index is 1060. The molecule has 1 aromatic carbocycles. The van der Waals surface area contributed by atoms with Crippen molar-refractivity contribution >= 4 is 43.5 Å². The first kappa shape index (κ1) is 27.9. The normalized spacial score (nSPS) is 11.7. The number of aromatic nitrogens is 4. The molecule has 0 radical (unpaired) electrons. The van der Waals surface area contributed by atoms with E-state index in [-0.39, 0.29) is 17.0 Å². The molecule has 12 heteroatoms. The SMILES string of the molecule is CCC=O.CSCCOP(COCCn1cnc2c(=O)[nH]c(N)nc21)OCc1ccc(C)cc1. The van der Waals surface area contributed by atoms with E-state index in [4.69, 9.17) is 19.5 Å². The molecule has 10 nitrogen and oxygen atoms in total. The number of ether oxygens (including phenoxy) is 1. The van der Waals surface area contributed by atoms with Gasteiger partial charge in [-0.15, -0.1) is 0 Å². The van der Waals surface area contributed by atoms with E-state index in [2.05, 4.69) is 46.1 Å². The molecule has 0 amide bonds. The summed E-state index contributed by atoms with van der Waals surface area (Å²) in [5.74, 6) is 0.959. The molecule has 0 spiro atoms. The zero-order valence-electron chi connectivity index (χ0n) is 19.7. The van der Waals surface area contributed by atoms with Gasteiger partial charge in [0.2, 0.25) is 5.95 Å². The Hall–Kier alpha value is -2.30. The molecule has 3 N–H and O–H groups in total. The van der Waals surface area contributed by atoms with E-state index in [1.54, 1.807) is 22.7 Å². The number of aryl methyl sites for hydroxylation is 1. The summed E-state index contributed by atoms with van der Waals surface area (Å²) in [7, 11) is -1.17. The molecule has 2 heterocycles. The molecule has 3 rings (SSSR count). The lowest BCUT2D eigenvalue weighted by Gasteiger charge is -2.18. The Morgan fingerprint density at radius 2 is 1.97 bits per heavy atom. The number of fused-ring (bicyclic) bond motifs is 1. The second-order valence-electron chi connectivity index (χ2n) is 7.09. The van der Waals surface area contributed by atoms with Crippen molar-refractivity contribution in [2.45, 2.75) is 33.4 Å². The van der Waals surface area contributed by atoms with Gasteiger partial charge in [0.05, 0.1) is 26.1 Å². The number of benzene rings is 1. The number of nitrogens with two attached hydrogens (primary N) is 1. The molecule has 0 aliphatic heterocycles. The van der Waals surface area contributed by atoms with Crippen molar-refractivity contribution in [1.29, 1.82) is 0 Å². The molecule has 0 saturated heterocycles. The lowest BCUT2D eigenvalue weighted by atomic mass is 10.2. The van der Waals surface area contributed by atoms with E-state index in [0.717, 1.165) is 17.6 Å². The summed E-state index contributed by atoms with van der Waals surface area (Å²) >= 11 is 1.72. The summed E-state index contributed by atoms with van der Waals surface area (Å²) in [5.41, 5.74) is 8.28. The number of hydrogen-bond acceptors (Lipinski definition) is 9. The largest absolute Gasteiger partial charge is 0.370 e. The van der Waals surface area contributed by atoms with E-state index in [1.165, 1.54) is 5.56 Å². The highest BCUT2D eigenvalue weighted by Gasteiger charge is 2.13. The standard InChI is InChI=1S/C19H26N5O4PS.C3H6O/c1-14-3-5-15(6-4-14)11-28-29(27-9-10-30-2)13-26-8-7-24-12-21-16-17(24)22-19(20)23-18(16)25;1-2-3-4/h3-6,12H,7-11,13H2,1-2H3,(H3,20,22,23,25);3H,2H2,1H3. The first-order valence-corrected chi connectivity index (χ1v) is 13.5. The number of imidazole rings is 1. The lowest BCUT2D eigenvalue weighted by Crippen LogP contribution is -2.13. The maximum Gasteiger partial charge on any atom is 0.280 e. The van der Waals surface area contributed by atoms with Crippen LogP contribution in [0.3, 0.4) is 0 Å². The van der Waals surface area contributed by atoms with Crippen LogP contribution in [0.1, 0.15) is 24.5 Å². The summed E-state index contributed by atoms with van der Waals surface area (Å²) in [6.07, 6.45) is 5.47. The summed E-state index contributed by atoms with van der Waals surface area (Å²) in [6, 6.07) is 8.23. The lowest BCUT2D eigenvalue weighted by molar-refractivity contribution is -0.107. The molecule has 186 valence electrons. The Kier molecular flexibility index (Phi) is 12.8. The number of carbonyl (C=O) groups excluding carboxylic acids is 1. The average molecular weight is 510 g/mol. The van der Waals surface area contributed by atoms with Crippen molar-refractivity contribution in [3.63, 3.8) is 0 Å². The van der Waals surface area contributed by atoms with Gasteiger partial charge in [-0.2, -0.15) is 16.7 Å². The third-order valence-electron chi connectivity index (χ3n) is 4.35. The molecule has 0 saturated carbocycles. The number of nitrogens with one attached hydrogen (secondary N) is 1. The van der Waals surface area contributed by atoms with Crippen LogP contribution in [0.4, 0.5) is 5.95 Å². The van der Waals surface area contributed by atoms with Crippen molar-refractivity contribution in [3.8, 4) is 0 Å². The van der Waals surface area contributed by atoms with Gasteiger partial charge in [0, 0.05) is 18.7 Å². The predicted octanol–water partition coefficient (Wildman–Crippen LogP) is 3.49. The van der Waals surface area contributed by atoms with Crippen LogP contribution in [-0.2, 0) is 31.7 Å². The van der Waals surface area contributed by atoms with Gasteiger partial charge in [0.1, 0.15) is 12.6 Å². The maximum atomic E-state index is 11.8. The van der Waals surface area contributed by atoms with Crippen LogP contribution in [-0.4, -0.2) is 57.4 Å². The van der Waals surface area contributed by atoms with Gasteiger partial charge < -0.3 is 28.9 Å². The van der Waals surface area contributed by atoms with Crippen LogP contribution >= 0.6 is 20.1 Å². The number of nitrogens with zero attached hydrogens (tertiary/aromatic N) is 3. The van der Waals surface area contributed by atoms with Gasteiger partial charge >= 0.3 is 0 Å². The third kappa shape index (κ3) is 9.52. The fraction of sp³-hybridized carbons (Fsp3) is 0.455. The molecule has 1 atom stereocenters. The quantitative estimate of drug-likeness (QED) is 0.202. The van der Waals surface area contributed by atoms with Gasteiger partial charge in [-0.25, -0.2) is 4.98 Å². The number of hydrogen-bond donors (Lipinski definition) is 2. The molecule has 0 fully saturated rings. The number of nitrogen functional groups attached to an aromatic ring is 1. The number of thioether (sulfide) groups is 1. The van der Waals surface area contributed by atoms with E-state index in [0.29, 0.717) is 44.8 Å². The summed E-state index contributed by atoms with van der Waals surface area (Å²) in [4.78, 5) is 31.7. The molecular formula is C22H32N5O5PS. The van der Waals surface area contributed by atoms with E-state index >= 15 is 0 Å². The van der Waals surface area contributed by atoms with Gasteiger partial charge in [0.25, 0.3) is 5.56 Å². The third-order valence-corrected chi connectivity index (χ3v) is 6.21. The van der Waals surface area contributed by atoms with E-state index in [1.807, 2.05) is 13.2 Å². The van der Waals surface area contributed by atoms with Gasteiger partial charge in [0.15, 0.2) is 19.5 Å². The highest BCUT2D eigenvalue weighted by Crippen LogP contribution is 2.39. The first-order valence-electron chi connectivity index (χ1n) is 10.8. The fourth-order valence-corrected chi connectivity index (χ4v) is 4.06. The van der Waals surface area contributed by atoms with Crippen LogP contribution in [0.25, 0.3) is 11.2 Å². The zero-order valence-corrected chi connectivity index (χ0v) is 21.4. The van der Waals surface area contributed by atoms with Crippen molar-refractivity contribution in [3.05, 3.63) is 52.1 Å². The van der Waals surface area contributed by atoms with Gasteiger partial charge in [-0.3, -0.25) is 9.78 Å². The molecule has 1 unspecified atom stereocenters. The average Bonchev–Trinajstić information content (AvgIpc) is 3.24. The van der Waals surface area contributed by atoms with Crippen LogP contribution in [0.15, 0.2) is 35.4 Å². The topological polar surface area (TPSA) is 134 Å². The summed E-state index contributed by atoms with van der Waals surface area (Å²) < 4.78 is 19.4. The first-order chi connectivity index (χ1) is 16.5. The van der Waals surface area contributed by atoms with Crippen LogP contribution in [0, 0.1) is 6.92 Å². The maximum absolute atomic E-state index is 11.8. The second kappa shape index (κ2) is 15.6. The number of rotatable bonds is 13. The molecule has 0 aliphatic carbocycles. The summed E-state index contributed by atoms with van der Waals surface area (Å²) in [5, 5.41) is 0. The Morgan fingerprint density at radius 1 is 1.24 bits per heavy atom. The number of anilines is 1. The van der Waals surface area contributed by atoms with Crippen molar-refractivity contribution in [2.75, 3.05) is 37.3 Å². The van der Waals surface area contributed by atoms with Gasteiger partial charge in [-0.1, -0.05) is 36.8 Å². The monoisotopic (exact) mass is 509 g/mol. The highest BCUT2D eigenvalue weighted by atomic mass is 32.2. The van der Waals surface area contributed by atoms with Crippen LogP contribution < -0.4 is 11.3 Å². The number of carbonyl (C=O) groups is 1.